The van der Waals surface area contributed by atoms with Gasteiger partial charge in [-0.25, -0.2) is 4.57 Å². The maximum absolute atomic E-state index is 12.9. The maximum Gasteiger partial charge on any atom is 0.474 e. The molecule has 0 heterocycles. The highest BCUT2D eigenvalue weighted by Crippen LogP contribution is 2.50. The van der Waals surface area contributed by atoms with E-state index in [0.717, 1.165) is 38.5 Å². The van der Waals surface area contributed by atoms with Crippen LogP contribution in [0.3, 0.4) is 0 Å². The van der Waals surface area contributed by atoms with E-state index < -0.39 is 7.82 Å². The monoisotopic (exact) mass is 350 g/mol. The molecule has 5 heteroatoms. The molecule has 0 rings (SSSR count). The van der Waals surface area contributed by atoms with E-state index in [4.69, 9.17) is 13.6 Å². The van der Waals surface area contributed by atoms with Crippen LogP contribution in [0.2, 0.25) is 0 Å². The molecule has 0 aliphatic heterocycles. The molecule has 0 aromatic carbocycles. The van der Waals surface area contributed by atoms with Crippen LogP contribution in [-0.4, -0.2) is 19.8 Å². The Morgan fingerprint density at radius 3 is 1.13 bits per heavy atom. The predicted molar refractivity (Wildman–Crippen MR) is 97.7 cm³/mol. The third-order valence-electron chi connectivity index (χ3n) is 3.90. The molecule has 23 heavy (non-hydrogen) atoms. The van der Waals surface area contributed by atoms with Gasteiger partial charge in [0, 0.05) is 0 Å². The molecule has 0 aromatic rings. The molecule has 0 aromatic heterocycles. The van der Waals surface area contributed by atoms with E-state index in [1.54, 1.807) is 0 Å². The number of hydrogen-bond acceptors (Lipinski definition) is 4. The van der Waals surface area contributed by atoms with Crippen LogP contribution < -0.4 is 0 Å². The van der Waals surface area contributed by atoms with Gasteiger partial charge < -0.3 is 0 Å². The highest BCUT2D eigenvalue weighted by Gasteiger charge is 2.29. The zero-order valence-corrected chi connectivity index (χ0v) is 17.1. The second kappa shape index (κ2) is 13.4. The molecular weight excluding hydrogens is 311 g/mol. The Bertz CT molecular complexity index is 275. The summed E-state index contributed by atoms with van der Waals surface area (Å²) in [6.45, 7) is 14.0. The van der Waals surface area contributed by atoms with Gasteiger partial charge in [-0.15, -0.1) is 0 Å². The fraction of sp³-hybridized carbons (Fsp3) is 1.00. The maximum atomic E-state index is 12.9. The van der Waals surface area contributed by atoms with Gasteiger partial charge in [-0.3, -0.25) is 13.6 Å². The molecule has 0 saturated heterocycles. The van der Waals surface area contributed by atoms with Crippen molar-refractivity contribution in [2.45, 2.75) is 80.1 Å². The van der Waals surface area contributed by atoms with E-state index in [0.29, 0.717) is 37.6 Å². The van der Waals surface area contributed by atoms with Crippen LogP contribution in [0.25, 0.3) is 0 Å². The van der Waals surface area contributed by atoms with Gasteiger partial charge >= 0.3 is 7.82 Å². The molecule has 140 valence electrons. The lowest BCUT2D eigenvalue weighted by Gasteiger charge is -2.23. The topological polar surface area (TPSA) is 44.8 Å². The predicted octanol–water partition coefficient (Wildman–Crippen LogP) is 6.45. The van der Waals surface area contributed by atoms with Gasteiger partial charge in [-0.1, -0.05) is 60.8 Å². The first-order valence-electron chi connectivity index (χ1n) is 9.40. The summed E-state index contributed by atoms with van der Waals surface area (Å²) in [6.07, 6.45) is 6.45. The molecule has 0 N–H and O–H groups in total. The van der Waals surface area contributed by atoms with Crippen LogP contribution in [0.15, 0.2) is 0 Å². The molecule has 0 amide bonds. The Hall–Kier alpha value is 0.110. The normalized spacial score (nSPS) is 18.3. The summed E-state index contributed by atoms with van der Waals surface area (Å²) in [5.74, 6) is 1.09. The molecule has 0 bridgehead atoms. The Morgan fingerprint density at radius 2 is 0.913 bits per heavy atom. The first-order chi connectivity index (χ1) is 10.9. The van der Waals surface area contributed by atoms with Crippen LogP contribution in [0.1, 0.15) is 80.1 Å². The molecule has 0 aliphatic carbocycles. The second-order valence-corrected chi connectivity index (χ2v) is 8.69. The molecule has 0 aliphatic rings. The van der Waals surface area contributed by atoms with Crippen molar-refractivity contribution in [3.63, 3.8) is 0 Å². The summed E-state index contributed by atoms with van der Waals surface area (Å²) in [7, 11) is -3.45. The Labute approximate surface area is 144 Å². The fourth-order valence-corrected chi connectivity index (χ4v) is 4.03. The van der Waals surface area contributed by atoms with Crippen molar-refractivity contribution in [3.8, 4) is 0 Å². The number of hydrogen-bond donors (Lipinski definition) is 0. The van der Waals surface area contributed by atoms with Crippen molar-refractivity contribution in [2.75, 3.05) is 19.8 Å². The van der Waals surface area contributed by atoms with E-state index in [2.05, 4.69) is 41.5 Å². The molecule has 4 nitrogen and oxygen atoms in total. The van der Waals surface area contributed by atoms with E-state index in [1.807, 2.05) is 0 Å². The van der Waals surface area contributed by atoms with Gasteiger partial charge in [0.25, 0.3) is 0 Å². The van der Waals surface area contributed by atoms with Crippen LogP contribution in [0.5, 0.6) is 0 Å². The number of phosphoric ester groups is 1. The zero-order chi connectivity index (χ0) is 17.7. The molecule has 0 saturated carbocycles. The quantitative estimate of drug-likeness (QED) is 0.318. The minimum atomic E-state index is -3.45. The van der Waals surface area contributed by atoms with Crippen LogP contribution >= 0.6 is 7.82 Å². The smallest absolute Gasteiger partial charge is 0.287 e. The fourth-order valence-electron chi connectivity index (χ4n) is 2.50. The lowest BCUT2D eigenvalue weighted by atomic mass is 10.1. The lowest BCUT2D eigenvalue weighted by Crippen LogP contribution is -2.13. The molecule has 3 unspecified atom stereocenters. The van der Waals surface area contributed by atoms with Gasteiger partial charge in [-0.2, -0.15) is 0 Å². The summed E-state index contributed by atoms with van der Waals surface area (Å²) in [4.78, 5) is 0. The summed E-state index contributed by atoms with van der Waals surface area (Å²) < 4.78 is 29.7. The first kappa shape index (κ1) is 23.1. The molecule has 0 spiro atoms. The van der Waals surface area contributed by atoms with Crippen molar-refractivity contribution >= 4 is 7.82 Å². The van der Waals surface area contributed by atoms with Crippen molar-refractivity contribution in [1.82, 2.24) is 0 Å². The van der Waals surface area contributed by atoms with Gasteiger partial charge in [0.05, 0.1) is 19.8 Å². The summed E-state index contributed by atoms with van der Waals surface area (Å²) in [6, 6.07) is 0. The standard InChI is InChI=1S/C18H39O4P/c1-7-10-16(4)13-20-23(19,21-14-17(5)11-8-2)22-15-18(6)12-9-3/h16-18H,7-15H2,1-6H3. The number of phosphoric acid groups is 1. The van der Waals surface area contributed by atoms with Gasteiger partial charge in [0.2, 0.25) is 0 Å². The van der Waals surface area contributed by atoms with E-state index >= 15 is 0 Å². The molecular formula is C18H39O4P. The Kier molecular flexibility index (Phi) is 13.5. The highest BCUT2D eigenvalue weighted by molar-refractivity contribution is 7.48. The zero-order valence-electron chi connectivity index (χ0n) is 16.2. The largest absolute Gasteiger partial charge is 0.474 e. The van der Waals surface area contributed by atoms with Crippen LogP contribution in [-0.2, 0) is 18.1 Å². The average molecular weight is 350 g/mol. The highest BCUT2D eigenvalue weighted by atomic mass is 31.2. The third kappa shape index (κ3) is 12.2. The van der Waals surface area contributed by atoms with Gasteiger partial charge in [-0.05, 0) is 37.0 Å². The van der Waals surface area contributed by atoms with Crippen molar-refractivity contribution in [2.24, 2.45) is 17.8 Å². The average Bonchev–Trinajstić information content (AvgIpc) is 2.50. The summed E-state index contributed by atoms with van der Waals surface area (Å²) in [5.41, 5.74) is 0. The summed E-state index contributed by atoms with van der Waals surface area (Å²) >= 11 is 0. The van der Waals surface area contributed by atoms with Crippen LogP contribution in [0, 0.1) is 17.8 Å². The van der Waals surface area contributed by atoms with Crippen LogP contribution in [0.4, 0.5) is 0 Å². The molecule has 3 atom stereocenters. The number of rotatable bonds is 15. The minimum absolute atomic E-state index is 0.363. The second-order valence-electron chi connectivity index (χ2n) is 7.02. The van der Waals surface area contributed by atoms with E-state index in [-0.39, 0.29) is 0 Å². The summed E-state index contributed by atoms with van der Waals surface area (Å²) in [5, 5.41) is 0. The SMILES string of the molecule is CCCC(C)COP(=O)(OCC(C)CCC)OCC(C)CCC. The first-order valence-corrected chi connectivity index (χ1v) is 10.9. The third-order valence-corrected chi connectivity index (χ3v) is 5.29. The van der Waals surface area contributed by atoms with Gasteiger partial charge in [0.15, 0.2) is 0 Å². The van der Waals surface area contributed by atoms with E-state index in [1.165, 1.54) is 0 Å². The van der Waals surface area contributed by atoms with Crippen molar-refractivity contribution in [1.29, 1.82) is 0 Å². The molecule has 0 fully saturated rings. The molecule has 0 radical (unpaired) electrons. The lowest BCUT2D eigenvalue weighted by molar-refractivity contribution is 0.0805. The van der Waals surface area contributed by atoms with Gasteiger partial charge in [0.1, 0.15) is 0 Å². The van der Waals surface area contributed by atoms with E-state index in [9.17, 15) is 4.57 Å². The van der Waals surface area contributed by atoms with Crippen molar-refractivity contribution in [3.05, 3.63) is 0 Å². The Balaban J connectivity index is 4.52. The Morgan fingerprint density at radius 1 is 0.652 bits per heavy atom. The van der Waals surface area contributed by atoms with Crippen molar-refractivity contribution < 1.29 is 18.1 Å². The minimum Gasteiger partial charge on any atom is -0.287 e.